The Morgan fingerprint density at radius 1 is 1.04 bits per heavy atom. The van der Waals surface area contributed by atoms with E-state index in [-0.39, 0.29) is 18.0 Å². The molecule has 0 radical (unpaired) electrons. The van der Waals surface area contributed by atoms with Gasteiger partial charge in [-0.15, -0.1) is 0 Å². The number of benzene rings is 2. The van der Waals surface area contributed by atoms with Crippen LogP contribution in [0.4, 0.5) is 0 Å². The summed E-state index contributed by atoms with van der Waals surface area (Å²) in [7, 11) is 0. The van der Waals surface area contributed by atoms with Crippen LogP contribution in [-0.4, -0.2) is 16.1 Å². The maximum atomic E-state index is 11.9. The normalized spacial score (nSPS) is 11.0. The molecule has 5 heteroatoms. The van der Waals surface area contributed by atoms with Crippen molar-refractivity contribution >= 4 is 22.8 Å². The number of rotatable bonds is 4. The largest absolute Gasteiger partial charge is 0.347 e. The van der Waals surface area contributed by atoms with E-state index in [0.29, 0.717) is 11.1 Å². The van der Waals surface area contributed by atoms with Gasteiger partial charge in [-0.1, -0.05) is 48.5 Å². The van der Waals surface area contributed by atoms with E-state index in [1.165, 1.54) is 6.08 Å². The number of aromatic amines is 1. The van der Waals surface area contributed by atoms with Crippen LogP contribution in [0.2, 0.25) is 0 Å². The van der Waals surface area contributed by atoms with Crippen molar-refractivity contribution in [3.05, 3.63) is 82.3 Å². The third-order valence-corrected chi connectivity index (χ3v) is 3.43. The minimum absolute atomic E-state index is 0.217. The lowest BCUT2D eigenvalue weighted by Gasteiger charge is -2.05. The summed E-state index contributed by atoms with van der Waals surface area (Å²) in [5.74, 6) is -0.217. The van der Waals surface area contributed by atoms with E-state index >= 15 is 0 Å². The second kappa shape index (κ2) is 6.70. The van der Waals surface area contributed by atoms with Crippen LogP contribution in [0, 0.1) is 0 Å². The minimum Gasteiger partial charge on any atom is -0.347 e. The zero-order chi connectivity index (χ0) is 16.1. The van der Waals surface area contributed by atoms with Crippen LogP contribution in [0.1, 0.15) is 11.3 Å². The SMILES string of the molecule is O=C(/C=C/c1ccccc1)NCc1n[nH]c(=O)c2ccccc12. The number of nitrogens with zero attached hydrogens (tertiary/aromatic N) is 1. The van der Waals surface area contributed by atoms with Gasteiger partial charge in [0.1, 0.15) is 0 Å². The third-order valence-electron chi connectivity index (χ3n) is 3.43. The fourth-order valence-corrected chi connectivity index (χ4v) is 2.27. The Morgan fingerprint density at radius 3 is 2.52 bits per heavy atom. The maximum Gasteiger partial charge on any atom is 0.272 e. The number of fused-ring (bicyclic) bond motifs is 1. The monoisotopic (exact) mass is 305 g/mol. The molecule has 1 heterocycles. The molecule has 2 aromatic carbocycles. The van der Waals surface area contributed by atoms with Crippen LogP contribution in [-0.2, 0) is 11.3 Å². The van der Waals surface area contributed by atoms with E-state index in [0.717, 1.165) is 10.9 Å². The summed E-state index contributed by atoms with van der Waals surface area (Å²) in [6.07, 6.45) is 3.22. The summed E-state index contributed by atoms with van der Waals surface area (Å²) >= 11 is 0. The van der Waals surface area contributed by atoms with Crippen molar-refractivity contribution in [2.75, 3.05) is 0 Å². The highest BCUT2D eigenvalue weighted by Crippen LogP contribution is 2.11. The molecule has 23 heavy (non-hydrogen) atoms. The lowest BCUT2D eigenvalue weighted by Crippen LogP contribution is -2.22. The van der Waals surface area contributed by atoms with Gasteiger partial charge in [-0.05, 0) is 17.7 Å². The van der Waals surface area contributed by atoms with Gasteiger partial charge in [-0.2, -0.15) is 5.10 Å². The highest BCUT2D eigenvalue weighted by molar-refractivity contribution is 5.92. The zero-order valence-electron chi connectivity index (χ0n) is 12.3. The Morgan fingerprint density at radius 2 is 1.74 bits per heavy atom. The van der Waals surface area contributed by atoms with E-state index in [2.05, 4.69) is 15.5 Å². The highest BCUT2D eigenvalue weighted by Gasteiger charge is 2.06. The molecule has 114 valence electrons. The Bertz CT molecular complexity index is 914. The Balaban J connectivity index is 1.71. The molecule has 0 aliphatic rings. The summed E-state index contributed by atoms with van der Waals surface area (Å²) in [5, 5.41) is 10.5. The van der Waals surface area contributed by atoms with Crippen molar-refractivity contribution in [3.63, 3.8) is 0 Å². The second-order valence-corrected chi connectivity index (χ2v) is 5.01. The first-order valence-electron chi connectivity index (χ1n) is 7.21. The van der Waals surface area contributed by atoms with E-state index in [4.69, 9.17) is 0 Å². The molecule has 0 saturated carbocycles. The number of H-pyrrole nitrogens is 1. The van der Waals surface area contributed by atoms with Gasteiger partial charge in [0.15, 0.2) is 0 Å². The molecule has 0 atom stereocenters. The molecule has 3 aromatic rings. The van der Waals surface area contributed by atoms with Gasteiger partial charge in [0.2, 0.25) is 5.91 Å². The predicted octanol–water partition coefficient (Wildman–Crippen LogP) is 2.25. The molecule has 0 fully saturated rings. The summed E-state index contributed by atoms with van der Waals surface area (Å²) in [6, 6.07) is 16.8. The minimum atomic E-state index is -0.236. The molecule has 0 aliphatic carbocycles. The summed E-state index contributed by atoms with van der Waals surface area (Å²) in [5.41, 5.74) is 1.34. The fourth-order valence-electron chi connectivity index (χ4n) is 2.27. The number of nitrogens with one attached hydrogen (secondary N) is 2. The standard InChI is InChI=1S/C18H15N3O2/c22-17(11-10-13-6-2-1-3-7-13)19-12-16-14-8-4-5-9-15(14)18(23)21-20-16/h1-11H,12H2,(H,19,22)(H,21,23)/b11-10+. The molecular weight excluding hydrogens is 290 g/mol. The van der Waals surface area contributed by atoms with Gasteiger partial charge in [0.25, 0.3) is 5.56 Å². The molecule has 1 amide bonds. The molecule has 0 bridgehead atoms. The van der Waals surface area contributed by atoms with Crippen molar-refractivity contribution in [1.29, 1.82) is 0 Å². The topological polar surface area (TPSA) is 74.8 Å². The number of hydrogen-bond acceptors (Lipinski definition) is 3. The first kappa shape index (κ1) is 14.7. The lowest BCUT2D eigenvalue weighted by atomic mass is 10.1. The van der Waals surface area contributed by atoms with Crippen molar-refractivity contribution in [3.8, 4) is 0 Å². The van der Waals surface area contributed by atoms with Crippen molar-refractivity contribution in [1.82, 2.24) is 15.5 Å². The smallest absolute Gasteiger partial charge is 0.272 e. The lowest BCUT2D eigenvalue weighted by molar-refractivity contribution is -0.116. The van der Waals surface area contributed by atoms with Crippen molar-refractivity contribution < 1.29 is 4.79 Å². The molecule has 1 aromatic heterocycles. The number of aromatic nitrogens is 2. The Hall–Kier alpha value is -3.21. The summed E-state index contributed by atoms with van der Waals surface area (Å²) in [4.78, 5) is 23.6. The number of carbonyl (C=O) groups is 1. The maximum absolute atomic E-state index is 11.9. The average molecular weight is 305 g/mol. The first-order chi connectivity index (χ1) is 11.2. The average Bonchev–Trinajstić information content (AvgIpc) is 2.60. The van der Waals surface area contributed by atoms with Gasteiger partial charge in [0.05, 0.1) is 17.6 Å². The van der Waals surface area contributed by atoms with E-state index in [1.807, 2.05) is 42.5 Å². The predicted molar refractivity (Wildman–Crippen MR) is 89.7 cm³/mol. The van der Waals surface area contributed by atoms with Crippen LogP contribution in [0.5, 0.6) is 0 Å². The van der Waals surface area contributed by atoms with E-state index in [1.54, 1.807) is 18.2 Å². The van der Waals surface area contributed by atoms with E-state index in [9.17, 15) is 9.59 Å². The molecule has 5 nitrogen and oxygen atoms in total. The Kier molecular flexibility index (Phi) is 4.29. The fraction of sp³-hybridized carbons (Fsp3) is 0.0556. The van der Waals surface area contributed by atoms with Crippen LogP contribution in [0.15, 0.2) is 65.5 Å². The van der Waals surface area contributed by atoms with Crippen LogP contribution < -0.4 is 10.9 Å². The molecule has 2 N–H and O–H groups in total. The van der Waals surface area contributed by atoms with Gasteiger partial charge in [-0.25, -0.2) is 5.10 Å². The van der Waals surface area contributed by atoms with E-state index < -0.39 is 0 Å². The molecule has 0 spiro atoms. The summed E-state index contributed by atoms with van der Waals surface area (Å²) < 4.78 is 0. The second-order valence-electron chi connectivity index (χ2n) is 5.01. The molecule has 0 aliphatic heterocycles. The first-order valence-corrected chi connectivity index (χ1v) is 7.21. The molecule has 3 rings (SSSR count). The Labute approximate surface area is 132 Å². The van der Waals surface area contributed by atoms with Gasteiger partial charge in [-0.3, -0.25) is 9.59 Å². The van der Waals surface area contributed by atoms with Gasteiger partial charge in [0, 0.05) is 11.5 Å². The number of carbonyl (C=O) groups excluding carboxylic acids is 1. The van der Waals surface area contributed by atoms with Gasteiger partial charge >= 0.3 is 0 Å². The van der Waals surface area contributed by atoms with Crippen LogP contribution in [0.25, 0.3) is 16.8 Å². The zero-order valence-corrected chi connectivity index (χ0v) is 12.3. The van der Waals surface area contributed by atoms with Crippen LogP contribution >= 0.6 is 0 Å². The van der Waals surface area contributed by atoms with Gasteiger partial charge < -0.3 is 5.32 Å². The van der Waals surface area contributed by atoms with Crippen molar-refractivity contribution in [2.45, 2.75) is 6.54 Å². The quantitative estimate of drug-likeness (QED) is 0.726. The summed E-state index contributed by atoms with van der Waals surface area (Å²) in [6.45, 7) is 0.245. The highest BCUT2D eigenvalue weighted by atomic mass is 16.1. The third kappa shape index (κ3) is 3.52. The molecule has 0 unspecified atom stereocenters. The molecular formula is C18H15N3O2. The molecule has 0 saturated heterocycles. The van der Waals surface area contributed by atoms with Crippen molar-refractivity contribution in [2.24, 2.45) is 0 Å². The number of amides is 1. The van der Waals surface area contributed by atoms with Crippen LogP contribution in [0.3, 0.4) is 0 Å². The number of hydrogen-bond donors (Lipinski definition) is 2.